The highest BCUT2D eigenvalue weighted by atomic mass is 16.6. The molecule has 1 saturated heterocycles. The third kappa shape index (κ3) is 3.69. The number of nitro groups is 1. The van der Waals surface area contributed by atoms with Gasteiger partial charge in [0.05, 0.1) is 11.0 Å². The maximum absolute atomic E-state index is 12.3. The summed E-state index contributed by atoms with van der Waals surface area (Å²) in [6.07, 6.45) is 3.12. The Balaban J connectivity index is 2.08. The van der Waals surface area contributed by atoms with Crippen molar-refractivity contribution in [1.29, 1.82) is 0 Å². The molecule has 1 fully saturated rings. The van der Waals surface area contributed by atoms with E-state index < -0.39 is 4.92 Å². The maximum atomic E-state index is 12.3. The number of carbonyl (C=O) groups is 1. The van der Waals surface area contributed by atoms with Crippen LogP contribution < -0.4 is 5.73 Å². The summed E-state index contributed by atoms with van der Waals surface area (Å²) in [6, 6.07) is 4.11. The summed E-state index contributed by atoms with van der Waals surface area (Å²) in [5, 5.41) is 10.9. The first-order chi connectivity index (χ1) is 9.99. The Labute approximate surface area is 122 Å². The van der Waals surface area contributed by atoms with Crippen LogP contribution in [-0.4, -0.2) is 42.0 Å². The minimum Gasteiger partial charge on any atom is -0.393 e. The number of rotatable bonds is 4. The molecule has 1 aromatic rings. The van der Waals surface area contributed by atoms with Crippen LogP contribution in [0.4, 0.5) is 11.4 Å². The van der Waals surface area contributed by atoms with Crippen LogP contribution in [0.2, 0.25) is 0 Å². The Bertz CT molecular complexity index is 541. The van der Waals surface area contributed by atoms with E-state index in [4.69, 9.17) is 10.5 Å². The number of likely N-dealkylation sites (N-methyl/N-ethyl adjacent to an activating group) is 1. The number of amides is 1. The van der Waals surface area contributed by atoms with Crippen LogP contribution in [0, 0.1) is 10.1 Å². The van der Waals surface area contributed by atoms with E-state index in [9.17, 15) is 14.9 Å². The smallest absolute Gasteiger partial charge is 0.292 e. The van der Waals surface area contributed by atoms with Gasteiger partial charge in [0.1, 0.15) is 5.69 Å². The van der Waals surface area contributed by atoms with Gasteiger partial charge in [0.2, 0.25) is 0 Å². The zero-order chi connectivity index (χ0) is 15.4. The Morgan fingerprint density at radius 1 is 1.52 bits per heavy atom. The lowest BCUT2D eigenvalue weighted by Gasteiger charge is -2.27. The van der Waals surface area contributed by atoms with Gasteiger partial charge < -0.3 is 15.4 Å². The van der Waals surface area contributed by atoms with Crippen LogP contribution in [0.25, 0.3) is 0 Å². The fourth-order valence-electron chi connectivity index (χ4n) is 2.39. The number of carbonyl (C=O) groups excluding carboxylic acids is 1. The molecule has 21 heavy (non-hydrogen) atoms. The second-order valence-electron chi connectivity index (χ2n) is 5.20. The number of hydrogen-bond donors (Lipinski definition) is 1. The first-order valence-electron chi connectivity index (χ1n) is 6.90. The van der Waals surface area contributed by atoms with Crippen LogP contribution in [-0.2, 0) is 4.74 Å². The third-order valence-electron chi connectivity index (χ3n) is 3.57. The number of benzene rings is 1. The maximum Gasteiger partial charge on any atom is 0.292 e. The normalized spacial score (nSPS) is 18.2. The summed E-state index contributed by atoms with van der Waals surface area (Å²) in [7, 11) is 1.67. The molecule has 7 heteroatoms. The highest BCUT2D eigenvalue weighted by molar-refractivity contribution is 5.95. The molecule has 0 bridgehead atoms. The summed E-state index contributed by atoms with van der Waals surface area (Å²) < 4.78 is 5.59. The number of hydrogen-bond acceptors (Lipinski definition) is 5. The average Bonchev–Trinajstić information content (AvgIpc) is 2.47. The van der Waals surface area contributed by atoms with Gasteiger partial charge in [0, 0.05) is 31.8 Å². The Morgan fingerprint density at radius 2 is 2.29 bits per heavy atom. The number of nitrogen functional groups attached to an aromatic ring is 1. The molecule has 1 amide bonds. The van der Waals surface area contributed by atoms with Crippen molar-refractivity contribution in [2.24, 2.45) is 0 Å². The molecule has 1 aliphatic heterocycles. The topological polar surface area (TPSA) is 98.7 Å². The Kier molecular flexibility index (Phi) is 4.74. The van der Waals surface area contributed by atoms with Gasteiger partial charge in [-0.15, -0.1) is 0 Å². The van der Waals surface area contributed by atoms with E-state index in [2.05, 4.69) is 0 Å². The minimum atomic E-state index is -0.587. The van der Waals surface area contributed by atoms with E-state index in [1.807, 2.05) is 0 Å². The largest absolute Gasteiger partial charge is 0.393 e. The van der Waals surface area contributed by atoms with E-state index >= 15 is 0 Å². The highest BCUT2D eigenvalue weighted by Crippen LogP contribution is 2.23. The van der Waals surface area contributed by atoms with E-state index in [0.29, 0.717) is 6.54 Å². The molecule has 1 heterocycles. The zero-order valence-electron chi connectivity index (χ0n) is 11.9. The van der Waals surface area contributed by atoms with Crippen molar-refractivity contribution in [2.45, 2.75) is 25.4 Å². The Morgan fingerprint density at radius 3 is 2.90 bits per heavy atom. The molecule has 114 valence electrons. The monoisotopic (exact) mass is 293 g/mol. The molecule has 0 spiro atoms. The number of nitrogens with zero attached hydrogens (tertiary/aromatic N) is 2. The van der Waals surface area contributed by atoms with Gasteiger partial charge in [0.15, 0.2) is 0 Å². The number of nitrogens with two attached hydrogens (primary N) is 1. The molecule has 1 aliphatic rings. The molecular formula is C14H19N3O4. The van der Waals surface area contributed by atoms with Gasteiger partial charge >= 0.3 is 0 Å². The molecule has 0 saturated carbocycles. The minimum absolute atomic E-state index is 0.0384. The first kappa shape index (κ1) is 15.2. The van der Waals surface area contributed by atoms with Crippen molar-refractivity contribution in [3.05, 3.63) is 33.9 Å². The summed E-state index contributed by atoms with van der Waals surface area (Å²) in [6.45, 7) is 1.21. The van der Waals surface area contributed by atoms with E-state index in [1.54, 1.807) is 7.05 Å². The molecule has 1 aromatic carbocycles. The van der Waals surface area contributed by atoms with Crippen molar-refractivity contribution in [2.75, 3.05) is 25.9 Å². The van der Waals surface area contributed by atoms with Crippen molar-refractivity contribution in [3.63, 3.8) is 0 Å². The van der Waals surface area contributed by atoms with Gasteiger partial charge in [-0.05, 0) is 31.4 Å². The molecule has 7 nitrogen and oxygen atoms in total. The zero-order valence-corrected chi connectivity index (χ0v) is 11.9. The first-order valence-corrected chi connectivity index (χ1v) is 6.90. The SMILES string of the molecule is CN(CC1CCCCO1)C(=O)c1ccc(N)c([N+](=O)[O-])c1. The number of nitro benzene ring substituents is 1. The van der Waals surface area contributed by atoms with E-state index in [0.717, 1.165) is 25.9 Å². The molecule has 0 radical (unpaired) electrons. The van der Waals surface area contributed by atoms with Gasteiger partial charge in [0.25, 0.3) is 11.6 Å². The van der Waals surface area contributed by atoms with Crippen molar-refractivity contribution in [1.82, 2.24) is 4.90 Å². The fourth-order valence-corrected chi connectivity index (χ4v) is 2.39. The summed E-state index contributed by atoms with van der Waals surface area (Å²) in [4.78, 5) is 24.1. The van der Waals surface area contributed by atoms with Gasteiger partial charge in [-0.25, -0.2) is 0 Å². The summed E-state index contributed by atoms with van der Waals surface area (Å²) >= 11 is 0. The molecular weight excluding hydrogens is 274 g/mol. The standard InChI is InChI=1S/C14H19N3O4/c1-16(9-11-4-2-3-7-21-11)14(18)10-5-6-12(15)13(8-10)17(19)20/h5-6,8,11H,2-4,7,9,15H2,1H3. The van der Waals surface area contributed by atoms with Gasteiger partial charge in [-0.1, -0.05) is 0 Å². The van der Waals surface area contributed by atoms with Crippen LogP contribution in [0.15, 0.2) is 18.2 Å². The summed E-state index contributed by atoms with van der Waals surface area (Å²) in [5.41, 5.74) is 5.59. The second-order valence-corrected chi connectivity index (χ2v) is 5.20. The fraction of sp³-hybridized carbons (Fsp3) is 0.500. The van der Waals surface area contributed by atoms with E-state index in [-0.39, 0.29) is 28.9 Å². The lowest BCUT2D eigenvalue weighted by Crippen LogP contribution is -2.37. The quantitative estimate of drug-likeness (QED) is 0.518. The van der Waals surface area contributed by atoms with E-state index in [1.165, 1.54) is 23.1 Å². The number of anilines is 1. The highest BCUT2D eigenvalue weighted by Gasteiger charge is 2.22. The molecule has 2 N–H and O–H groups in total. The van der Waals surface area contributed by atoms with Gasteiger partial charge in [-0.2, -0.15) is 0 Å². The average molecular weight is 293 g/mol. The molecule has 0 aromatic heterocycles. The molecule has 0 aliphatic carbocycles. The lowest BCUT2D eigenvalue weighted by atomic mass is 10.1. The van der Waals surface area contributed by atoms with Gasteiger partial charge in [-0.3, -0.25) is 14.9 Å². The predicted molar refractivity (Wildman–Crippen MR) is 78.1 cm³/mol. The van der Waals surface area contributed by atoms with Crippen molar-refractivity contribution < 1.29 is 14.5 Å². The van der Waals surface area contributed by atoms with Crippen LogP contribution in [0.1, 0.15) is 29.6 Å². The van der Waals surface area contributed by atoms with Crippen LogP contribution >= 0.6 is 0 Å². The van der Waals surface area contributed by atoms with Crippen LogP contribution in [0.3, 0.4) is 0 Å². The molecule has 2 rings (SSSR count). The second kappa shape index (κ2) is 6.53. The molecule has 1 unspecified atom stereocenters. The van der Waals surface area contributed by atoms with Crippen molar-refractivity contribution >= 4 is 17.3 Å². The molecule has 1 atom stereocenters. The van der Waals surface area contributed by atoms with Crippen molar-refractivity contribution in [3.8, 4) is 0 Å². The third-order valence-corrected chi connectivity index (χ3v) is 3.57. The predicted octanol–water partition coefficient (Wildman–Crippen LogP) is 1.82. The van der Waals surface area contributed by atoms with Crippen LogP contribution in [0.5, 0.6) is 0 Å². The lowest BCUT2D eigenvalue weighted by molar-refractivity contribution is -0.383. The Hall–Kier alpha value is -2.15. The number of ether oxygens (including phenoxy) is 1. The summed E-state index contributed by atoms with van der Waals surface area (Å²) in [5.74, 6) is -0.271.